The van der Waals surface area contributed by atoms with Crippen LogP contribution >= 0.6 is 0 Å². The van der Waals surface area contributed by atoms with Gasteiger partial charge in [0.25, 0.3) is 0 Å². The van der Waals surface area contributed by atoms with Crippen molar-refractivity contribution >= 4 is 11.0 Å². The topological polar surface area (TPSA) is 42.0 Å². The minimum atomic E-state index is -1.16. The van der Waals surface area contributed by atoms with Crippen LogP contribution in [0.25, 0.3) is 0 Å². The fourth-order valence-electron chi connectivity index (χ4n) is 1.04. The molecule has 1 heterocycles. The maximum atomic E-state index is 12.7. The highest BCUT2D eigenvalue weighted by Crippen LogP contribution is 2.15. The van der Waals surface area contributed by atoms with Gasteiger partial charge in [-0.3, -0.25) is 4.98 Å². The predicted molar refractivity (Wildman–Crippen MR) is 63.6 cm³/mol. The first-order valence-electron chi connectivity index (χ1n) is 5.10. The molecule has 0 saturated heterocycles. The second kappa shape index (κ2) is 5.01. The van der Waals surface area contributed by atoms with E-state index < -0.39 is 11.0 Å². The summed E-state index contributed by atoms with van der Waals surface area (Å²) in [5.41, 5.74) is 0.680. The lowest BCUT2D eigenvalue weighted by atomic mass is 10.2. The number of nitrogens with zero attached hydrogens (tertiary/aromatic N) is 1. The molecule has 1 aromatic heterocycles. The van der Waals surface area contributed by atoms with E-state index in [-0.39, 0.29) is 16.6 Å². The molecule has 90 valence electrons. The molecule has 0 spiro atoms. The Kier molecular flexibility index (Phi) is 4.15. The summed E-state index contributed by atoms with van der Waals surface area (Å²) in [5, 5.41) is 0. The van der Waals surface area contributed by atoms with Gasteiger partial charge in [-0.1, -0.05) is 0 Å². The van der Waals surface area contributed by atoms with E-state index in [2.05, 4.69) is 9.71 Å². The standard InChI is InChI=1S/C11H17FN2OS/c1-8(14-16(15)11(2,3)4)10-6-5-9(12)7-13-10/h5-8,14H,1-4H3/t8-,16-/m0/s1. The molecule has 0 fully saturated rings. The summed E-state index contributed by atoms with van der Waals surface area (Å²) in [7, 11) is -1.16. The van der Waals surface area contributed by atoms with Crippen LogP contribution in [0.5, 0.6) is 0 Å². The van der Waals surface area contributed by atoms with Crippen molar-refractivity contribution in [3.63, 3.8) is 0 Å². The average molecular weight is 244 g/mol. The summed E-state index contributed by atoms with van der Waals surface area (Å²) in [6.07, 6.45) is 1.16. The maximum absolute atomic E-state index is 12.7. The molecular formula is C11H17FN2OS. The molecule has 16 heavy (non-hydrogen) atoms. The number of aromatic nitrogens is 1. The summed E-state index contributed by atoms with van der Waals surface area (Å²) in [6, 6.07) is 2.77. The van der Waals surface area contributed by atoms with Crippen LogP contribution < -0.4 is 4.72 Å². The van der Waals surface area contributed by atoms with Crippen LogP contribution in [0.3, 0.4) is 0 Å². The van der Waals surface area contributed by atoms with Crippen molar-refractivity contribution in [2.45, 2.75) is 38.5 Å². The van der Waals surface area contributed by atoms with Gasteiger partial charge in [-0.2, -0.15) is 0 Å². The Labute approximate surface area is 98.1 Å². The zero-order chi connectivity index (χ0) is 12.3. The van der Waals surface area contributed by atoms with Gasteiger partial charge in [-0.05, 0) is 39.8 Å². The number of rotatable bonds is 3. The minimum Gasteiger partial charge on any atom is -0.257 e. The maximum Gasteiger partial charge on any atom is 0.141 e. The molecule has 0 saturated carbocycles. The fourth-order valence-corrected chi connectivity index (χ4v) is 1.84. The molecule has 1 aromatic rings. The highest BCUT2D eigenvalue weighted by molar-refractivity contribution is 7.84. The van der Waals surface area contributed by atoms with E-state index in [4.69, 9.17) is 0 Å². The van der Waals surface area contributed by atoms with Crippen LogP contribution in [-0.4, -0.2) is 13.9 Å². The monoisotopic (exact) mass is 244 g/mol. The third-order valence-electron chi connectivity index (χ3n) is 2.03. The van der Waals surface area contributed by atoms with Crippen LogP contribution in [0.2, 0.25) is 0 Å². The lowest BCUT2D eigenvalue weighted by Crippen LogP contribution is -2.35. The largest absolute Gasteiger partial charge is 0.257 e. The molecule has 0 aliphatic carbocycles. The van der Waals surface area contributed by atoms with E-state index in [0.29, 0.717) is 5.69 Å². The van der Waals surface area contributed by atoms with Gasteiger partial charge in [0.05, 0.1) is 33.7 Å². The Morgan fingerprint density at radius 2 is 2.06 bits per heavy atom. The van der Waals surface area contributed by atoms with Gasteiger partial charge in [-0.15, -0.1) is 0 Å². The molecule has 2 atom stereocenters. The Balaban J connectivity index is 2.69. The number of nitrogens with one attached hydrogen (secondary N) is 1. The van der Waals surface area contributed by atoms with E-state index in [1.165, 1.54) is 6.07 Å². The Morgan fingerprint density at radius 3 is 2.50 bits per heavy atom. The second-order valence-corrected chi connectivity index (χ2v) is 6.62. The van der Waals surface area contributed by atoms with Crippen LogP contribution in [0.4, 0.5) is 4.39 Å². The van der Waals surface area contributed by atoms with Crippen LogP contribution in [0.15, 0.2) is 18.3 Å². The zero-order valence-corrected chi connectivity index (χ0v) is 10.8. The van der Waals surface area contributed by atoms with E-state index in [9.17, 15) is 8.60 Å². The number of pyridine rings is 1. The molecule has 0 unspecified atom stereocenters. The van der Waals surface area contributed by atoms with Crippen molar-refractivity contribution in [3.8, 4) is 0 Å². The van der Waals surface area contributed by atoms with Gasteiger partial charge in [-0.25, -0.2) is 13.3 Å². The molecule has 0 aliphatic rings. The molecular weight excluding hydrogens is 227 g/mol. The van der Waals surface area contributed by atoms with Crippen molar-refractivity contribution in [3.05, 3.63) is 29.8 Å². The van der Waals surface area contributed by atoms with Crippen molar-refractivity contribution in [1.82, 2.24) is 9.71 Å². The van der Waals surface area contributed by atoms with Gasteiger partial charge in [0.1, 0.15) is 5.82 Å². The number of hydrogen-bond acceptors (Lipinski definition) is 2. The predicted octanol–water partition coefficient (Wildman–Crippen LogP) is 2.33. The normalized spacial score (nSPS) is 15.8. The lowest BCUT2D eigenvalue weighted by Gasteiger charge is -2.21. The van der Waals surface area contributed by atoms with Crippen molar-refractivity contribution < 1.29 is 8.60 Å². The summed E-state index contributed by atoms with van der Waals surface area (Å²) in [5.74, 6) is -0.368. The summed E-state index contributed by atoms with van der Waals surface area (Å²) < 4.78 is 27.1. The molecule has 1 N–H and O–H groups in total. The van der Waals surface area contributed by atoms with E-state index in [1.54, 1.807) is 6.07 Å². The van der Waals surface area contributed by atoms with Crippen LogP contribution in [0, 0.1) is 5.82 Å². The average Bonchev–Trinajstić information content (AvgIpc) is 2.17. The smallest absolute Gasteiger partial charge is 0.141 e. The van der Waals surface area contributed by atoms with Gasteiger partial charge in [0.2, 0.25) is 0 Å². The van der Waals surface area contributed by atoms with Gasteiger partial charge >= 0.3 is 0 Å². The fraction of sp³-hybridized carbons (Fsp3) is 0.545. The molecule has 0 bridgehead atoms. The Bertz CT molecular complexity index is 373. The van der Waals surface area contributed by atoms with E-state index >= 15 is 0 Å². The third kappa shape index (κ3) is 3.64. The van der Waals surface area contributed by atoms with Gasteiger partial charge in [0.15, 0.2) is 0 Å². The molecule has 0 amide bonds. The molecule has 0 aromatic carbocycles. The van der Waals surface area contributed by atoms with Crippen LogP contribution in [0.1, 0.15) is 39.4 Å². The Hall–Kier alpha value is -0.810. The summed E-state index contributed by atoms with van der Waals surface area (Å²) in [4.78, 5) is 3.94. The Morgan fingerprint density at radius 1 is 1.44 bits per heavy atom. The first-order chi connectivity index (χ1) is 7.30. The zero-order valence-electron chi connectivity index (χ0n) is 9.95. The highest BCUT2D eigenvalue weighted by atomic mass is 32.2. The van der Waals surface area contributed by atoms with Crippen LogP contribution in [-0.2, 0) is 11.0 Å². The molecule has 1 rings (SSSR count). The van der Waals surface area contributed by atoms with Gasteiger partial charge < -0.3 is 0 Å². The highest BCUT2D eigenvalue weighted by Gasteiger charge is 2.21. The van der Waals surface area contributed by atoms with Crippen molar-refractivity contribution in [2.24, 2.45) is 0 Å². The number of hydrogen-bond donors (Lipinski definition) is 1. The number of halogens is 1. The summed E-state index contributed by atoms with van der Waals surface area (Å²) >= 11 is 0. The first kappa shape index (κ1) is 13.3. The molecule has 3 nitrogen and oxygen atoms in total. The molecule has 0 radical (unpaired) electrons. The third-order valence-corrected chi connectivity index (χ3v) is 3.71. The van der Waals surface area contributed by atoms with Crippen molar-refractivity contribution in [2.75, 3.05) is 0 Å². The SMILES string of the molecule is C[C@H](N[S@@](=O)C(C)(C)C)c1ccc(F)cn1. The minimum absolute atomic E-state index is 0.166. The summed E-state index contributed by atoms with van der Waals surface area (Å²) in [6.45, 7) is 7.52. The second-order valence-electron chi connectivity index (χ2n) is 4.62. The molecule has 5 heteroatoms. The molecule has 0 aliphatic heterocycles. The first-order valence-corrected chi connectivity index (χ1v) is 6.25. The van der Waals surface area contributed by atoms with E-state index in [0.717, 1.165) is 6.20 Å². The lowest BCUT2D eigenvalue weighted by molar-refractivity contribution is 0.600. The van der Waals surface area contributed by atoms with Gasteiger partial charge in [0, 0.05) is 0 Å². The van der Waals surface area contributed by atoms with E-state index in [1.807, 2.05) is 27.7 Å². The quantitative estimate of drug-likeness (QED) is 0.886. The van der Waals surface area contributed by atoms with Crippen molar-refractivity contribution in [1.29, 1.82) is 0 Å².